The monoisotopic (exact) mass is 306 g/mol. The molecule has 0 amide bonds. The molecule has 1 aliphatic rings. The quantitative estimate of drug-likeness (QED) is 0.780. The van der Waals surface area contributed by atoms with E-state index in [1.807, 2.05) is 42.6 Å². The summed E-state index contributed by atoms with van der Waals surface area (Å²) in [4.78, 5) is 17.2. The number of benzene rings is 2. The van der Waals surface area contributed by atoms with Crippen LogP contribution < -0.4 is 0 Å². The Bertz CT molecular complexity index is 868. The lowest BCUT2D eigenvalue weighted by Crippen LogP contribution is -2.38. The van der Waals surface area contributed by atoms with Crippen LogP contribution in [-0.2, 0) is 17.8 Å². The molecule has 0 saturated heterocycles. The first-order chi connectivity index (χ1) is 11.2. The van der Waals surface area contributed by atoms with E-state index in [-0.39, 0.29) is 0 Å². The Morgan fingerprint density at radius 2 is 1.83 bits per heavy atom. The van der Waals surface area contributed by atoms with Gasteiger partial charge in [-0.3, -0.25) is 9.69 Å². The molecule has 3 aromatic rings. The molecule has 0 aliphatic carbocycles. The molecule has 4 rings (SSSR count). The van der Waals surface area contributed by atoms with Gasteiger partial charge >= 0.3 is 5.97 Å². The number of H-pyrrole nitrogens is 1. The lowest BCUT2D eigenvalue weighted by molar-refractivity contribution is -0.144. The fraction of sp³-hybridized carbons (Fsp3) is 0.211. The van der Waals surface area contributed by atoms with Crippen molar-refractivity contribution in [1.29, 1.82) is 0 Å². The third-order valence-corrected chi connectivity index (χ3v) is 4.68. The number of carboxylic acid groups (broad SMARTS) is 1. The number of nitrogens with zero attached hydrogens (tertiary/aromatic N) is 1. The molecular formula is C19H18N2O2. The van der Waals surface area contributed by atoms with Gasteiger partial charge in [0.15, 0.2) is 0 Å². The second-order valence-electron chi connectivity index (χ2n) is 6.02. The fourth-order valence-electron chi connectivity index (χ4n) is 3.54. The lowest BCUT2D eigenvalue weighted by atomic mass is 9.96. The van der Waals surface area contributed by atoms with Crippen LogP contribution in [0.5, 0.6) is 0 Å². The molecule has 2 N–H and O–H groups in total. The molecule has 116 valence electrons. The Kier molecular flexibility index (Phi) is 3.39. The molecule has 0 unspecified atom stereocenters. The highest BCUT2D eigenvalue weighted by Gasteiger charge is 2.31. The number of aromatic amines is 1. The fourth-order valence-corrected chi connectivity index (χ4v) is 3.54. The Morgan fingerprint density at radius 1 is 1.09 bits per heavy atom. The molecule has 0 bridgehead atoms. The Labute approximate surface area is 134 Å². The van der Waals surface area contributed by atoms with E-state index in [0.717, 1.165) is 29.4 Å². The molecule has 2 aromatic carbocycles. The van der Waals surface area contributed by atoms with Crippen molar-refractivity contribution in [2.75, 3.05) is 6.54 Å². The van der Waals surface area contributed by atoms with Crippen molar-refractivity contribution in [1.82, 2.24) is 9.88 Å². The predicted molar refractivity (Wildman–Crippen MR) is 89.2 cm³/mol. The third-order valence-electron chi connectivity index (χ3n) is 4.68. The highest BCUT2D eigenvalue weighted by Crippen LogP contribution is 2.32. The first-order valence-corrected chi connectivity index (χ1v) is 7.83. The second kappa shape index (κ2) is 5.56. The maximum atomic E-state index is 12.0. The largest absolute Gasteiger partial charge is 0.480 e. The van der Waals surface area contributed by atoms with Gasteiger partial charge in [0.25, 0.3) is 0 Å². The molecular weight excluding hydrogens is 288 g/mol. The molecule has 23 heavy (non-hydrogen) atoms. The van der Waals surface area contributed by atoms with Gasteiger partial charge in [-0.05, 0) is 23.6 Å². The Hall–Kier alpha value is -2.59. The van der Waals surface area contributed by atoms with E-state index in [4.69, 9.17) is 0 Å². The van der Waals surface area contributed by atoms with Crippen molar-refractivity contribution in [3.05, 3.63) is 71.4 Å². The van der Waals surface area contributed by atoms with Gasteiger partial charge in [0.2, 0.25) is 0 Å². The zero-order valence-electron chi connectivity index (χ0n) is 12.7. The van der Waals surface area contributed by atoms with E-state index in [0.29, 0.717) is 6.54 Å². The number of hydrogen-bond acceptors (Lipinski definition) is 2. The van der Waals surface area contributed by atoms with Crippen LogP contribution in [0.15, 0.2) is 54.7 Å². The van der Waals surface area contributed by atoms with Crippen LogP contribution in [0, 0.1) is 0 Å². The van der Waals surface area contributed by atoms with Crippen LogP contribution in [-0.4, -0.2) is 27.5 Å². The zero-order chi connectivity index (χ0) is 15.8. The lowest BCUT2D eigenvalue weighted by Gasteiger charge is -2.33. The van der Waals surface area contributed by atoms with Gasteiger partial charge in [0.05, 0.1) is 0 Å². The number of carbonyl (C=O) groups is 1. The van der Waals surface area contributed by atoms with Crippen LogP contribution in [0.1, 0.15) is 22.7 Å². The van der Waals surface area contributed by atoms with E-state index in [9.17, 15) is 9.90 Å². The average molecular weight is 306 g/mol. The molecule has 4 nitrogen and oxygen atoms in total. The molecule has 0 fully saturated rings. The van der Waals surface area contributed by atoms with Gasteiger partial charge in [0, 0.05) is 35.8 Å². The molecule has 0 spiro atoms. The first kappa shape index (κ1) is 14.0. The summed E-state index contributed by atoms with van der Waals surface area (Å²) in [5.41, 5.74) is 4.37. The van der Waals surface area contributed by atoms with Crippen molar-refractivity contribution in [3.63, 3.8) is 0 Å². The third kappa shape index (κ3) is 2.41. The van der Waals surface area contributed by atoms with Gasteiger partial charge in [-0.2, -0.15) is 0 Å². The van der Waals surface area contributed by atoms with Crippen LogP contribution in [0.2, 0.25) is 0 Å². The van der Waals surface area contributed by atoms with Crippen molar-refractivity contribution >= 4 is 16.9 Å². The minimum Gasteiger partial charge on any atom is -0.480 e. The van der Waals surface area contributed by atoms with Crippen molar-refractivity contribution < 1.29 is 9.90 Å². The second-order valence-corrected chi connectivity index (χ2v) is 6.02. The number of aromatic nitrogens is 1. The summed E-state index contributed by atoms with van der Waals surface area (Å²) in [5.74, 6) is -0.797. The summed E-state index contributed by atoms with van der Waals surface area (Å²) in [6, 6.07) is 15.5. The SMILES string of the molecule is O=C(O)[C@H](c1c[nH]c2ccccc12)N1CCc2ccccc2C1. The van der Waals surface area contributed by atoms with Crippen LogP contribution in [0.4, 0.5) is 0 Å². The zero-order valence-corrected chi connectivity index (χ0v) is 12.7. The number of rotatable bonds is 3. The molecule has 1 atom stereocenters. The minimum absolute atomic E-state index is 0.625. The summed E-state index contributed by atoms with van der Waals surface area (Å²) in [7, 11) is 0. The van der Waals surface area contributed by atoms with E-state index in [1.54, 1.807) is 0 Å². The van der Waals surface area contributed by atoms with Gasteiger partial charge in [-0.15, -0.1) is 0 Å². The van der Waals surface area contributed by atoms with Crippen LogP contribution >= 0.6 is 0 Å². The summed E-state index contributed by atoms with van der Waals surface area (Å²) in [6.45, 7) is 1.43. The Balaban J connectivity index is 1.74. The number of para-hydroxylation sites is 1. The van der Waals surface area contributed by atoms with Gasteiger partial charge in [-0.25, -0.2) is 0 Å². The molecule has 1 aliphatic heterocycles. The topological polar surface area (TPSA) is 56.3 Å². The smallest absolute Gasteiger partial charge is 0.325 e. The Morgan fingerprint density at radius 3 is 2.65 bits per heavy atom. The summed E-state index contributed by atoms with van der Waals surface area (Å²) >= 11 is 0. The number of fused-ring (bicyclic) bond motifs is 2. The number of hydrogen-bond donors (Lipinski definition) is 2. The van der Waals surface area contributed by atoms with Gasteiger partial charge in [0.1, 0.15) is 6.04 Å². The van der Waals surface area contributed by atoms with Crippen LogP contribution in [0.3, 0.4) is 0 Å². The van der Waals surface area contributed by atoms with Gasteiger partial charge in [-0.1, -0.05) is 42.5 Å². The molecule has 1 aromatic heterocycles. The van der Waals surface area contributed by atoms with Crippen molar-refractivity contribution in [2.24, 2.45) is 0 Å². The first-order valence-electron chi connectivity index (χ1n) is 7.83. The van der Waals surface area contributed by atoms with Crippen LogP contribution in [0.25, 0.3) is 10.9 Å². The summed E-state index contributed by atoms with van der Waals surface area (Å²) in [5, 5.41) is 10.8. The highest BCUT2D eigenvalue weighted by molar-refractivity contribution is 5.89. The average Bonchev–Trinajstić information content (AvgIpc) is 2.99. The molecule has 2 heterocycles. The maximum absolute atomic E-state index is 12.0. The molecule has 0 radical (unpaired) electrons. The summed E-state index contributed by atoms with van der Waals surface area (Å²) < 4.78 is 0. The number of aliphatic carboxylic acids is 1. The normalized spacial score (nSPS) is 16.2. The number of nitrogens with one attached hydrogen (secondary N) is 1. The van der Waals surface area contributed by atoms with Gasteiger partial charge < -0.3 is 10.1 Å². The van der Waals surface area contributed by atoms with E-state index < -0.39 is 12.0 Å². The maximum Gasteiger partial charge on any atom is 0.325 e. The van der Waals surface area contributed by atoms with Crippen molar-refractivity contribution in [3.8, 4) is 0 Å². The minimum atomic E-state index is -0.797. The van der Waals surface area contributed by atoms with E-state index in [2.05, 4.69) is 22.0 Å². The summed E-state index contributed by atoms with van der Waals surface area (Å²) in [6.07, 6.45) is 2.73. The predicted octanol–water partition coefficient (Wildman–Crippen LogP) is 3.35. The number of carboxylic acids is 1. The molecule has 4 heteroatoms. The van der Waals surface area contributed by atoms with Crippen molar-refractivity contribution in [2.45, 2.75) is 19.0 Å². The van der Waals surface area contributed by atoms with E-state index in [1.165, 1.54) is 11.1 Å². The van der Waals surface area contributed by atoms with E-state index >= 15 is 0 Å². The standard InChI is InChI=1S/C19H18N2O2/c22-19(23)18(16-11-20-17-8-4-3-7-15(16)17)21-10-9-13-5-1-2-6-14(13)12-21/h1-8,11,18,20H,9-10,12H2,(H,22,23)/t18-/m0/s1. The highest BCUT2D eigenvalue weighted by atomic mass is 16.4. The molecule has 0 saturated carbocycles.